The molecule has 0 amide bonds. The Morgan fingerprint density at radius 2 is 1.95 bits per heavy atom. The molecule has 1 heterocycles. The molecule has 21 heavy (non-hydrogen) atoms. The Morgan fingerprint density at radius 1 is 1.24 bits per heavy atom. The van der Waals surface area contributed by atoms with Gasteiger partial charge in [-0.25, -0.2) is 0 Å². The zero-order valence-electron chi connectivity index (χ0n) is 12.1. The zero-order chi connectivity index (χ0) is 15.2. The van der Waals surface area contributed by atoms with Gasteiger partial charge < -0.3 is 9.80 Å². The van der Waals surface area contributed by atoms with Crippen molar-refractivity contribution in [2.45, 2.75) is 6.54 Å². The normalized spacial score (nSPS) is 10.6. The second kappa shape index (κ2) is 7.41. The molecule has 0 fully saturated rings. The Morgan fingerprint density at radius 3 is 2.57 bits per heavy atom. The van der Waals surface area contributed by atoms with Crippen LogP contribution in [-0.4, -0.2) is 36.5 Å². The van der Waals surface area contributed by atoms with Crippen molar-refractivity contribution in [2.75, 3.05) is 32.1 Å². The van der Waals surface area contributed by atoms with Crippen LogP contribution >= 0.6 is 23.1 Å². The lowest BCUT2D eigenvalue weighted by molar-refractivity contribution is 0.413. The first kappa shape index (κ1) is 15.8. The number of aromatic nitrogens is 1. The van der Waals surface area contributed by atoms with Crippen LogP contribution in [0.2, 0.25) is 5.15 Å². The summed E-state index contributed by atoms with van der Waals surface area (Å²) in [5, 5.41) is 10.4. The van der Waals surface area contributed by atoms with Crippen LogP contribution in [0.3, 0.4) is 0 Å². The molecule has 0 spiro atoms. The Hall–Kier alpha value is -1.61. The zero-order valence-corrected chi connectivity index (χ0v) is 13.7. The Balaban J connectivity index is 2.25. The van der Waals surface area contributed by atoms with Crippen LogP contribution < -0.4 is 4.90 Å². The highest BCUT2D eigenvalue weighted by molar-refractivity contribution is 7.10. The molecule has 0 unspecified atom stereocenters. The van der Waals surface area contributed by atoms with Crippen molar-refractivity contribution in [2.24, 2.45) is 0 Å². The van der Waals surface area contributed by atoms with E-state index >= 15 is 0 Å². The van der Waals surface area contributed by atoms with Crippen LogP contribution in [0.15, 0.2) is 30.3 Å². The van der Waals surface area contributed by atoms with Crippen molar-refractivity contribution >= 4 is 28.1 Å². The van der Waals surface area contributed by atoms with Crippen molar-refractivity contribution in [1.82, 2.24) is 9.27 Å². The number of halogens is 1. The van der Waals surface area contributed by atoms with Crippen LogP contribution in [0, 0.1) is 11.3 Å². The van der Waals surface area contributed by atoms with E-state index in [0.29, 0.717) is 10.7 Å². The summed E-state index contributed by atoms with van der Waals surface area (Å²) < 4.78 is 4.11. The first-order valence-corrected chi connectivity index (χ1v) is 7.76. The number of nitrogens with zero attached hydrogens (tertiary/aromatic N) is 4. The van der Waals surface area contributed by atoms with Crippen LogP contribution in [0.4, 0.5) is 5.00 Å². The average Bonchev–Trinajstić information content (AvgIpc) is 2.85. The number of hydrogen-bond donors (Lipinski definition) is 0. The smallest absolute Gasteiger partial charge is 0.162 e. The van der Waals surface area contributed by atoms with Gasteiger partial charge in [0.1, 0.15) is 16.6 Å². The van der Waals surface area contributed by atoms with E-state index < -0.39 is 0 Å². The molecule has 2 aromatic rings. The minimum Gasteiger partial charge on any atom is -0.355 e. The van der Waals surface area contributed by atoms with Gasteiger partial charge in [-0.15, -0.1) is 0 Å². The molecule has 2 rings (SSSR count). The van der Waals surface area contributed by atoms with Gasteiger partial charge in [0.25, 0.3) is 0 Å². The number of benzene rings is 1. The van der Waals surface area contributed by atoms with Crippen LogP contribution in [0.25, 0.3) is 0 Å². The van der Waals surface area contributed by atoms with Crippen molar-refractivity contribution in [1.29, 1.82) is 5.26 Å². The van der Waals surface area contributed by atoms with Gasteiger partial charge in [-0.1, -0.05) is 41.9 Å². The van der Waals surface area contributed by atoms with Gasteiger partial charge in [-0.05, 0) is 31.2 Å². The molecule has 0 saturated carbocycles. The summed E-state index contributed by atoms with van der Waals surface area (Å²) >= 11 is 7.28. The third-order valence-electron chi connectivity index (χ3n) is 3.06. The number of nitriles is 1. The molecule has 0 bridgehead atoms. The molecule has 1 aromatic heterocycles. The number of anilines is 1. The molecule has 0 radical (unpaired) electrons. The third-order valence-corrected chi connectivity index (χ3v) is 4.35. The largest absolute Gasteiger partial charge is 0.355 e. The van der Waals surface area contributed by atoms with Gasteiger partial charge in [-0.2, -0.15) is 9.64 Å². The lowest BCUT2D eigenvalue weighted by Gasteiger charge is -2.25. The molecular formula is C15H17ClN4S. The lowest BCUT2D eigenvalue weighted by atomic mass is 10.2. The highest BCUT2D eigenvalue weighted by Crippen LogP contribution is 2.32. The highest BCUT2D eigenvalue weighted by atomic mass is 35.5. The fourth-order valence-corrected chi connectivity index (χ4v) is 3.00. The standard InChI is InChI=1S/C15H17ClN4S/c1-19(2)8-9-20(11-12-6-4-3-5-7-12)15-13(10-17)14(16)18-21-15/h3-7H,8-9,11H2,1-2H3. The molecule has 0 aliphatic heterocycles. The number of rotatable bonds is 6. The minimum atomic E-state index is 0.292. The summed E-state index contributed by atoms with van der Waals surface area (Å²) in [6, 6.07) is 12.4. The molecule has 0 aliphatic carbocycles. The van der Waals surface area contributed by atoms with E-state index in [-0.39, 0.29) is 0 Å². The Labute approximate surface area is 134 Å². The maximum Gasteiger partial charge on any atom is 0.162 e. The summed E-state index contributed by atoms with van der Waals surface area (Å²) in [6.07, 6.45) is 0. The minimum absolute atomic E-state index is 0.292. The quantitative estimate of drug-likeness (QED) is 0.819. The van der Waals surface area contributed by atoms with Crippen molar-refractivity contribution < 1.29 is 0 Å². The number of likely N-dealkylation sites (N-methyl/N-ethyl adjacent to an activating group) is 1. The van der Waals surface area contributed by atoms with Crippen LogP contribution in [0.1, 0.15) is 11.1 Å². The average molecular weight is 321 g/mol. The fourth-order valence-electron chi connectivity index (χ4n) is 1.95. The van der Waals surface area contributed by atoms with Gasteiger partial charge in [0.05, 0.1) is 0 Å². The fraction of sp³-hybridized carbons (Fsp3) is 0.333. The van der Waals surface area contributed by atoms with E-state index in [2.05, 4.69) is 32.4 Å². The Kier molecular flexibility index (Phi) is 5.57. The number of hydrogen-bond acceptors (Lipinski definition) is 5. The summed E-state index contributed by atoms with van der Waals surface area (Å²) in [7, 11) is 4.07. The second-order valence-corrected chi connectivity index (χ2v) is 6.09. The maximum absolute atomic E-state index is 9.28. The lowest BCUT2D eigenvalue weighted by Crippen LogP contribution is -2.31. The molecule has 0 aliphatic rings. The molecule has 1 aromatic carbocycles. The van der Waals surface area contributed by atoms with E-state index in [9.17, 15) is 5.26 Å². The summed E-state index contributed by atoms with van der Waals surface area (Å²) in [5.41, 5.74) is 1.67. The predicted octanol–water partition coefficient (Wildman–Crippen LogP) is 3.24. The van der Waals surface area contributed by atoms with Gasteiger partial charge >= 0.3 is 0 Å². The van der Waals surface area contributed by atoms with E-state index in [1.807, 2.05) is 32.3 Å². The van der Waals surface area contributed by atoms with Crippen LogP contribution in [-0.2, 0) is 6.54 Å². The van der Waals surface area contributed by atoms with Gasteiger partial charge in [-0.3, -0.25) is 0 Å². The highest BCUT2D eigenvalue weighted by Gasteiger charge is 2.18. The summed E-state index contributed by atoms with van der Waals surface area (Å²) in [6.45, 7) is 2.45. The molecule has 6 heteroatoms. The Bertz CT molecular complexity index is 618. The van der Waals surface area contributed by atoms with Crippen molar-refractivity contribution in [3.8, 4) is 6.07 Å². The maximum atomic E-state index is 9.28. The summed E-state index contributed by atoms with van der Waals surface area (Å²) in [4.78, 5) is 4.28. The second-order valence-electron chi connectivity index (χ2n) is 4.98. The van der Waals surface area contributed by atoms with E-state index in [4.69, 9.17) is 11.6 Å². The molecule has 0 atom stereocenters. The van der Waals surface area contributed by atoms with Crippen LogP contribution in [0.5, 0.6) is 0 Å². The SMILES string of the molecule is CN(C)CCN(Cc1ccccc1)c1snc(Cl)c1C#N. The monoisotopic (exact) mass is 320 g/mol. The summed E-state index contributed by atoms with van der Waals surface area (Å²) in [5.74, 6) is 0. The van der Waals surface area contributed by atoms with Gasteiger partial charge in [0.15, 0.2) is 5.15 Å². The topological polar surface area (TPSA) is 43.2 Å². The predicted molar refractivity (Wildman–Crippen MR) is 87.9 cm³/mol. The van der Waals surface area contributed by atoms with Gasteiger partial charge in [0.2, 0.25) is 0 Å². The van der Waals surface area contributed by atoms with Gasteiger partial charge in [0, 0.05) is 19.6 Å². The van der Waals surface area contributed by atoms with Crippen molar-refractivity contribution in [3.05, 3.63) is 46.6 Å². The molecule has 4 nitrogen and oxygen atoms in total. The van der Waals surface area contributed by atoms with E-state index in [1.165, 1.54) is 17.1 Å². The molecule has 110 valence electrons. The molecule has 0 N–H and O–H groups in total. The first-order valence-electron chi connectivity index (χ1n) is 6.60. The van der Waals surface area contributed by atoms with Crippen molar-refractivity contribution in [3.63, 3.8) is 0 Å². The molecule has 0 saturated heterocycles. The first-order chi connectivity index (χ1) is 10.1. The molecular weight excluding hydrogens is 304 g/mol. The van der Waals surface area contributed by atoms with E-state index in [1.54, 1.807) is 0 Å². The van der Waals surface area contributed by atoms with E-state index in [0.717, 1.165) is 24.6 Å². The third kappa shape index (κ3) is 4.18.